The number of aliphatic hydroxyl groups is 1. The average Bonchev–Trinajstić information content (AvgIpc) is 3.06. The molecular formula is C30H50O. The quantitative estimate of drug-likeness (QED) is 0.438. The summed E-state index contributed by atoms with van der Waals surface area (Å²) in [6.45, 7) is 21.4. The molecule has 0 aromatic rings. The Hall–Kier alpha value is -0.560. The van der Waals surface area contributed by atoms with Crippen LogP contribution in [0.5, 0.6) is 0 Å². The molecule has 176 valence electrons. The Morgan fingerprint density at radius 3 is 2.39 bits per heavy atom. The summed E-state index contributed by atoms with van der Waals surface area (Å²) in [5.74, 6) is 3.77. The van der Waals surface area contributed by atoms with E-state index in [-0.39, 0.29) is 11.5 Å². The van der Waals surface area contributed by atoms with Crippen LogP contribution in [-0.4, -0.2) is 11.2 Å². The minimum atomic E-state index is -0.126. The van der Waals surface area contributed by atoms with E-state index >= 15 is 0 Å². The maximum absolute atomic E-state index is 10.8. The topological polar surface area (TPSA) is 20.2 Å². The summed E-state index contributed by atoms with van der Waals surface area (Å²) in [6, 6.07) is 0. The fourth-order valence-corrected chi connectivity index (χ4v) is 9.16. The fourth-order valence-electron chi connectivity index (χ4n) is 9.16. The van der Waals surface area contributed by atoms with Gasteiger partial charge in [0.2, 0.25) is 0 Å². The molecule has 4 aliphatic rings. The first-order valence-corrected chi connectivity index (χ1v) is 13.5. The molecule has 1 N–H and O–H groups in total. The van der Waals surface area contributed by atoms with Gasteiger partial charge in [-0.05, 0) is 110 Å². The lowest BCUT2D eigenvalue weighted by molar-refractivity contribution is -0.0931. The van der Waals surface area contributed by atoms with Crippen molar-refractivity contribution in [2.75, 3.05) is 0 Å². The fraction of sp³-hybridized carbons (Fsp3) is 0.867. The molecule has 4 rings (SSSR count). The van der Waals surface area contributed by atoms with E-state index in [1.54, 1.807) is 0 Å². The zero-order chi connectivity index (χ0) is 22.8. The predicted octanol–water partition coefficient (Wildman–Crippen LogP) is 8.34. The molecule has 0 aromatic heterocycles. The molecule has 4 aliphatic carbocycles. The normalized spacial score (nSPS) is 42.7. The van der Waals surface area contributed by atoms with Crippen molar-refractivity contribution in [3.05, 3.63) is 23.3 Å². The van der Waals surface area contributed by atoms with Gasteiger partial charge >= 0.3 is 0 Å². The summed E-state index contributed by atoms with van der Waals surface area (Å²) in [5, 5.41) is 10.8. The molecule has 2 fully saturated rings. The summed E-state index contributed by atoms with van der Waals surface area (Å²) >= 11 is 0. The van der Waals surface area contributed by atoms with E-state index in [4.69, 9.17) is 0 Å². The van der Waals surface area contributed by atoms with Crippen LogP contribution >= 0.6 is 0 Å². The van der Waals surface area contributed by atoms with Crippen molar-refractivity contribution in [2.45, 2.75) is 119 Å². The van der Waals surface area contributed by atoms with Crippen molar-refractivity contribution in [3.63, 3.8) is 0 Å². The zero-order valence-electron chi connectivity index (χ0n) is 21.7. The highest BCUT2D eigenvalue weighted by Crippen LogP contribution is 2.68. The number of hydrogen-bond acceptors (Lipinski definition) is 1. The SMILES string of the molecule is C=C(CC[C@@H](C)[C@H]1CC[C@H]2C3=C(CC[C@]12C)[C@@]1(C)CC[C@H](O)C(C)(C)C1CC3)C(C)C. The van der Waals surface area contributed by atoms with Crippen LogP contribution in [-0.2, 0) is 0 Å². The summed E-state index contributed by atoms with van der Waals surface area (Å²) in [7, 11) is 0. The Balaban J connectivity index is 1.56. The highest BCUT2D eigenvalue weighted by atomic mass is 16.3. The first-order chi connectivity index (χ1) is 14.4. The molecule has 1 heteroatoms. The van der Waals surface area contributed by atoms with Gasteiger partial charge in [0.15, 0.2) is 0 Å². The maximum Gasteiger partial charge on any atom is 0.0594 e. The second-order valence-electron chi connectivity index (χ2n) is 13.5. The Morgan fingerprint density at radius 2 is 1.71 bits per heavy atom. The van der Waals surface area contributed by atoms with Crippen LogP contribution in [0.25, 0.3) is 0 Å². The van der Waals surface area contributed by atoms with Gasteiger partial charge < -0.3 is 5.11 Å². The third-order valence-electron chi connectivity index (χ3n) is 11.4. The molecule has 0 aliphatic heterocycles. The highest BCUT2D eigenvalue weighted by Gasteiger charge is 2.59. The minimum absolute atomic E-state index is 0.0534. The van der Waals surface area contributed by atoms with E-state index in [1.165, 1.54) is 63.4 Å². The van der Waals surface area contributed by atoms with E-state index < -0.39 is 0 Å². The summed E-state index contributed by atoms with van der Waals surface area (Å²) in [6.07, 6.45) is 12.7. The van der Waals surface area contributed by atoms with Gasteiger partial charge in [0.1, 0.15) is 0 Å². The maximum atomic E-state index is 10.8. The molecular weight excluding hydrogens is 376 g/mol. The lowest BCUT2D eigenvalue weighted by Gasteiger charge is -2.60. The Labute approximate surface area is 193 Å². The molecule has 0 amide bonds. The number of hydrogen-bond donors (Lipinski definition) is 1. The molecule has 0 radical (unpaired) electrons. The van der Waals surface area contributed by atoms with Crippen molar-refractivity contribution in [3.8, 4) is 0 Å². The molecule has 31 heavy (non-hydrogen) atoms. The molecule has 2 saturated carbocycles. The third-order valence-corrected chi connectivity index (χ3v) is 11.4. The minimum Gasteiger partial charge on any atom is -0.393 e. The number of fused-ring (bicyclic) bond motifs is 4. The largest absolute Gasteiger partial charge is 0.393 e. The van der Waals surface area contributed by atoms with Gasteiger partial charge in [0.25, 0.3) is 0 Å². The van der Waals surface area contributed by atoms with Crippen LogP contribution in [0.4, 0.5) is 0 Å². The average molecular weight is 427 g/mol. The van der Waals surface area contributed by atoms with E-state index in [2.05, 4.69) is 55.0 Å². The standard InChI is InChI=1S/C30H50O/c1-19(2)20(3)9-10-21(4)23-12-13-24-22-11-14-26-28(5,6)27(31)16-18-30(26,8)25(22)15-17-29(23,24)7/h19,21,23-24,26-27,31H,3,9-18H2,1-2,4-8H3/t21-,23-,24+,26?,27+,29-,30-/m1/s1. The van der Waals surface area contributed by atoms with Crippen molar-refractivity contribution in [1.29, 1.82) is 0 Å². The van der Waals surface area contributed by atoms with Crippen molar-refractivity contribution >= 4 is 0 Å². The molecule has 0 heterocycles. The monoisotopic (exact) mass is 426 g/mol. The lowest BCUT2D eigenvalue weighted by Crippen LogP contribution is -2.53. The van der Waals surface area contributed by atoms with Gasteiger partial charge in [-0.1, -0.05) is 71.8 Å². The van der Waals surface area contributed by atoms with Crippen LogP contribution in [0.15, 0.2) is 23.3 Å². The number of aliphatic hydroxyl groups excluding tert-OH is 1. The Kier molecular flexibility index (Phi) is 6.11. The van der Waals surface area contributed by atoms with Gasteiger partial charge in [0.05, 0.1) is 6.10 Å². The molecule has 0 saturated heterocycles. The summed E-state index contributed by atoms with van der Waals surface area (Å²) in [4.78, 5) is 0. The predicted molar refractivity (Wildman–Crippen MR) is 133 cm³/mol. The number of rotatable bonds is 5. The molecule has 0 aromatic carbocycles. The smallest absolute Gasteiger partial charge is 0.0594 e. The Bertz CT molecular complexity index is 742. The van der Waals surface area contributed by atoms with Crippen LogP contribution in [0.1, 0.15) is 113 Å². The summed E-state index contributed by atoms with van der Waals surface area (Å²) < 4.78 is 0. The van der Waals surface area contributed by atoms with Gasteiger partial charge in [-0.25, -0.2) is 0 Å². The van der Waals surface area contributed by atoms with Crippen LogP contribution in [0.2, 0.25) is 0 Å². The third kappa shape index (κ3) is 3.60. The van der Waals surface area contributed by atoms with Crippen LogP contribution in [0, 0.1) is 45.8 Å². The van der Waals surface area contributed by atoms with E-state index in [0.717, 1.165) is 24.2 Å². The summed E-state index contributed by atoms with van der Waals surface area (Å²) in [5.41, 5.74) is 6.07. The Morgan fingerprint density at radius 1 is 1.00 bits per heavy atom. The zero-order valence-corrected chi connectivity index (χ0v) is 21.7. The van der Waals surface area contributed by atoms with Gasteiger partial charge in [0, 0.05) is 0 Å². The van der Waals surface area contributed by atoms with Gasteiger partial charge in [-0.3, -0.25) is 0 Å². The second-order valence-corrected chi connectivity index (χ2v) is 13.5. The highest BCUT2D eigenvalue weighted by molar-refractivity contribution is 5.35. The molecule has 1 nitrogen and oxygen atoms in total. The van der Waals surface area contributed by atoms with Crippen molar-refractivity contribution < 1.29 is 5.11 Å². The van der Waals surface area contributed by atoms with E-state index in [1.807, 2.05) is 11.1 Å². The van der Waals surface area contributed by atoms with Crippen molar-refractivity contribution in [2.24, 2.45) is 45.8 Å². The molecule has 1 unspecified atom stereocenters. The van der Waals surface area contributed by atoms with Crippen LogP contribution < -0.4 is 0 Å². The number of allylic oxidation sites excluding steroid dienone is 3. The van der Waals surface area contributed by atoms with Crippen molar-refractivity contribution in [1.82, 2.24) is 0 Å². The van der Waals surface area contributed by atoms with Gasteiger partial charge in [-0.2, -0.15) is 0 Å². The van der Waals surface area contributed by atoms with E-state index in [0.29, 0.717) is 22.7 Å². The first-order valence-electron chi connectivity index (χ1n) is 13.5. The first kappa shape index (κ1) is 23.6. The lowest BCUT2D eigenvalue weighted by atomic mass is 9.46. The molecule has 0 spiro atoms. The van der Waals surface area contributed by atoms with Crippen LogP contribution in [0.3, 0.4) is 0 Å². The van der Waals surface area contributed by atoms with E-state index in [9.17, 15) is 5.11 Å². The molecule has 0 bridgehead atoms. The second kappa shape index (κ2) is 8.03. The van der Waals surface area contributed by atoms with Gasteiger partial charge in [-0.15, -0.1) is 0 Å². The molecule has 7 atom stereocenters.